The zero-order valence-electron chi connectivity index (χ0n) is 15.7. The molecule has 0 amide bonds. The minimum absolute atomic E-state index is 0.246. The molecule has 0 fully saturated rings. The number of hydrogen-bond acceptors (Lipinski definition) is 3. The van der Waals surface area contributed by atoms with Crippen LogP contribution in [-0.4, -0.2) is 25.4 Å². The summed E-state index contributed by atoms with van der Waals surface area (Å²) in [5.41, 5.74) is 3.24. The van der Waals surface area contributed by atoms with E-state index in [2.05, 4.69) is 32.5 Å². The molecule has 0 aliphatic carbocycles. The highest BCUT2D eigenvalue weighted by Crippen LogP contribution is 2.41. The summed E-state index contributed by atoms with van der Waals surface area (Å²) in [6.07, 6.45) is 3.84. The second-order valence-electron chi connectivity index (χ2n) is 6.55. The topological polar surface area (TPSA) is 60.0 Å². The van der Waals surface area contributed by atoms with Crippen LogP contribution in [0.5, 0.6) is 0 Å². The molecule has 2 aromatic heterocycles. The molecular formula is C21H17BrClN3O2S. The molecule has 0 aliphatic heterocycles. The molecule has 0 radical (unpaired) electrons. The summed E-state index contributed by atoms with van der Waals surface area (Å²) in [6.45, 7) is 4.88. The molecule has 4 rings (SSSR count). The zero-order chi connectivity index (χ0) is 20.7. The summed E-state index contributed by atoms with van der Waals surface area (Å²) in [6, 6.07) is 11.0. The van der Waals surface area contributed by atoms with E-state index in [1.165, 1.54) is 11.8 Å². The number of aromatic nitrogens is 3. The average Bonchev–Trinajstić information content (AvgIpc) is 3.24. The van der Waals surface area contributed by atoms with Crippen LogP contribution in [0.15, 0.2) is 63.1 Å². The van der Waals surface area contributed by atoms with Gasteiger partial charge in [-0.2, -0.15) is 5.10 Å². The van der Waals surface area contributed by atoms with Gasteiger partial charge in [0.25, 0.3) is 0 Å². The van der Waals surface area contributed by atoms with E-state index in [-0.39, 0.29) is 5.56 Å². The number of hydrogen-bond donors (Lipinski definition) is 1. The van der Waals surface area contributed by atoms with Crippen LogP contribution in [0.2, 0.25) is 5.02 Å². The molecule has 29 heavy (non-hydrogen) atoms. The number of aryl methyl sites for hydroxylation is 1. The molecule has 0 saturated heterocycles. The summed E-state index contributed by atoms with van der Waals surface area (Å²) in [5.74, 6) is -0.953. The Morgan fingerprint density at radius 2 is 2.07 bits per heavy atom. The van der Waals surface area contributed by atoms with E-state index in [4.69, 9.17) is 11.6 Å². The molecule has 0 aliphatic rings. The first-order valence-electron chi connectivity index (χ1n) is 8.92. The van der Waals surface area contributed by atoms with Crippen LogP contribution in [0.4, 0.5) is 0 Å². The molecule has 0 atom stereocenters. The number of carboxylic acids is 1. The van der Waals surface area contributed by atoms with Gasteiger partial charge in [-0.05, 0) is 44.2 Å². The van der Waals surface area contributed by atoms with E-state index < -0.39 is 5.97 Å². The number of carboxylic acid groups (broad SMARTS) is 1. The van der Waals surface area contributed by atoms with E-state index in [1.807, 2.05) is 48.3 Å². The van der Waals surface area contributed by atoms with Gasteiger partial charge in [0.15, 0.2) is 0 Å². The zero-order valence-corrected chi connectivity index (χ0v) is 18.8. The minimum Gasteiger partial charge on any atom is -0.478 e. The van der Waals surface area contributed by atoms with Crippen LogP contribution < -0.4 is 0 Å². The van der Waals surface area contributed by atoms with Crippen molar-refractivity contribution in [3.8, 4) is 5.69 Å². The number of carbonyl (C=O) groups is 1. The summed E-state index contributed by atoms with van der Waals surface area (Å²) in [4.78, 5) is 13.3. The van der Waals surface area contributed by atoms with Crippen LogP contribution in [0.1, 0.15) is 23.0 Å². The van der Waals surface area contributed by atoms with Crippen molar-refractivity contribution in [2.45, 2.75) is 30.2 Å². The van der Waals surface area contributed by atoms with Crippen LogP contribution >= 0.6 is 39.3 Å². The average molecular weight is 491 g/mol. The maximum absolute atomic E-state index is 11.4. The van der Waals surface area contributed by atoms with Gasteiger partial charge in [-0.25, -0.2) is 4.79 Å². The standard InChI is InChI=1S/C21H17BrClN3O2S/c1-3-25-11-16(10-24-25)26-12(2)20(18-5-4-15(23)9-19(18)26)29-17-7-13(21(27)28)6-14(22)8-17/h4-11H,3H2,1-2H3,(H,27,28). The molecule has 148 valence electrons. The molecular weight excluding hydrogens is 474 g/mol. The van der Waals surface area contributed by atoms with E-state index in [0.717, 1.165) is 43.1 Å². The quantitative estimate of drug-likeness (QED) is 0.351. The third kappa shape index (κ3) is 3.82. The molecule has 0 saturated carbocycles. The van der Waals surface area contributed by atoms with Gasteiger partial charge in [0.1, 0.15) is 0 Å². The lowest BCUT2D eigenvalue weighted by Crippen LogP contribution is -1.97. The highest BCUT2D eigenvalue weighted by molar-refractivity contribution is 9.10. The van der Waals surface area contributed by atoms with Crippen molar-refractivity contribution in [1.82, 2.24) is 14.3 Å². The van der Waals surface area contributed by atoms with Crippen molar-refractivity contribution in [3.63, 3.8) is 0 Å². The van der Waals surface area contributed by atoms with Crippen molar-refractivity contribution < 1.29 is 9.90 Å². The van der Waals surface area contributed by atoms with Gasteiger partial charge < -0.3 is 9.67 Å². The van der Waals surface area contributed by atoms with Crippen molar-refractivity contribution in [2.75, 3.05) is 0 Å². The Morgan fingerprint density at radius 3 is 2.76 bits per heavy atom. The lowest BCUT2D eigenvalue weighted by atomic mass is 10.2. The van der Waals surface area contributed by atoms with E-state index >= 15 is 0 Å². The van der Waals surface area contributed by atoms with Crippen molar-refractivity contribution in [3.05, 3.63) is 69.5 Å². The number of aromatic carboxylic acids is 1. The predicted octanol–water partition coefficient (Wildman–Crippen LogP) is 6.42. The first kappa shape index (κ1) is 20.1. The number of nitrogens with zero attached hydrogens (tertiary/aromatic N) is 3. The molecule has 2 aromatic carbocycles. The molecule has 0 bridgehead atoms. The molecule has 5 nitrogen and oxygen atoms in total. The van der Waals surface area contributed by atoms with Crippen molar-refractivity contribution in [2.24, 2.45) is 0 Å². The van der Waals surface area contributed by atoms with Crippen molar-refractivity contribution >= 4 is 56.2 Å². The second kappa shape index (κ2) is 7.89. The second-order valence-corrected chi connectivity index (χ2v) is 8.98. The normalized spacial score (nSPS) is 11.3. The number of halogens is 2. The van der Waals surface area contributed by atoms with Crippen molar-refractivity contribution in [1.29, 1.82) is 0 Å². The van der Waals surface area contributed by atoms with Crippen LogP contribution in [0, 0.1) is 6.92 Å². The Hall–Kier alpha value is -2.22. The van der Waals surface area contributed by atoms with E-state index in [0.29, 0.717) is 5.02 Å². The first-order valence-corrected chi connectivity index (χ1v) is 10.9. The van der Waals surface area contributed by atoms with Gasteiger partial charge in [-0.1, -0.05) is 45.4 Å². The van der Waals surface area contributed by atoms with E-state index in [1.54, 1.807) is 12.1 Å². The van der Waals surface area contributed by atoms with Gasteiger partial charge >= 0.3 is 5.97 Å². The summed E-state index contributed by atoms with van der Waals surface area (Å²) in [5, 5.41) is 15.5. The molecule has 8 heteroatoms. The lowest BCUT2D eigenvalue weighted by Gasteiger charge is -2.07. The van der Waals surface area contributed by atoms with Gasteiger partial charge in [0.2, 0.25) is 0 Å². The van der Waals surface area contributed by atoms with Crippen LogP contribution in [-0.2, 0) is 6.54 Å². The third-order valence-corrected chi connectivity index (χ3v) is 6.53. The van der Waals surface area contributed by atoms with E-state index in [9.17, 15) is 9.90 Å². The largest absolute Gasteiger partial charge is 0.478 e. The molecule has 1 N–H and O–H groups in total. The Labute approximate surface area is 185 Å². The number of rotatable bonds is 5. The molecule has 0 unspecified atom stereocenters. The predicted molar refractivity (Wildman–Crippen MR) is 120 cm³/mol. The molecule has 2 heterocycles. The first-order chi connectivity index (χ1) is 13.9. The lowest BCUT2D eigenvalue weighted by molar-refractivity contribution is 0.0696. The highest BCUT2D eigenvalue weighted by atomic mass is 79.9. The highest BCUT2D eigenvalue weighted by Gasteiger charge is 2.18. The Kier molecular flexibility index (Phi) is 5.46. The van der Waals surface area contributed by atoms with Crippen LogP contribution in [0.25, 0.3) is 16.6 Å². The Morgan fingerprint density at radius 1 is 1.28 bits per heavy atom. The fourth-order valence-corrected chi connectivity index (χ4v) is 5.26. The summed E-state index contributed by atoms with van der Waals surface area (Å²) >= 11 is 11.2. The maximum atomic E-state index is 11.4. The maximum Gasteiger partial charge on any atom is 0.335 e. The van der Waals surface area contributed by atoms with Gasteiger partial charge in [-0.3, -0.25) is 4.68 Å². The summed E-state index contributed by atoms with van der Waals surface area (Å²) < 4.78 is 4.75. The minimum atomic E-state index is -0.953. The van der Waals surface area contributed by atoms with Gasteiger partial charge in [0.05, 0.1) is 23.0 Å². The SMILES string of the molecule is CCn1cc(-n2c(C)c(Sc3cc(Br)cc(C(=O)O)c3)c3ccc(Cl)cc32)cn1. The monoisotopic (exact) mass is 489 g/mol. The Bertz CT molecular complexity index is 1250. The molecule has 4 aromatic rings. The van der Waals surface area contributed by atoms with Gasteiger partial charge in [0, 0.05) is 43.1 Å². The smallest absolute Gasteiger partial charge is 0.335 e. The fraction of sp³-hybridized carbons (Fsp3) is 0.143. The van der Waals surface area contributed by atoms with Gasteiger partial charge in [-0.15, -0.1) is 0 Å². The number of fused-ring (bicyclic) bond motifs is 1. The van der Waals surface area contributed by atoms with Crippen LogP contribution in [0.3, 0.4) is 0 Å². The molecule has 0 spiro atoms. The Balaban J connectivity index is 1.90. The fourth-order valence-electron chi connectivity index (χ4n) is 3.32. The summed E-state index contributed by atoms with van der Waals surface area (Å²) in [7, 11) is 0. The third-order valence-electron chi connectivity index (χ3n) is 4.65. The number of benzene rings is 2.